The minimum Gasteiger partial charge on any atom is -0.480 e. The van der Waals surface area contributed by atoms with Crippen LogP contribution >= 0.6 is 0 Å². The van der Waals surface area contributed by atoms with Crippen molar-refractivity contribution in [2.24, 2.45) is 0 Å². The fourth-order valence-electron chi connectivity index (χ4n) is 8.25. The first-order valence-electron chi connectivity index (χ1n) is 24.2. The lowest BCUT2D eigenvalue weighted by Crippen LogP contribution is -2.43. The van der Waals surface area contributed by atoms with Crippen LogP contribution in [0.3, 0.4) is 0 Å². The summed E-state index contributed by atoms with van der Waals surface area (Å²) in [5.41, 5.74) is 4.37. The molecule has 0 fully saturated rings. The van der Waals surface area contributed by atoms with Crippen molar-refractivity contribution >= 4 is 18.0 Å². The van der Waals surface area contributed by atoms with Gasteiger partial charge < -0.3 is 30.0 Å². The Labute approximate surface area is 363 Å². The van der Waals surface area contributed by atoms with E-state index in [1.807, 2.05) is 36.4 Å². The predicted octanol–water partition coefficient (Wildman–Crippen LogP) is 12.7. The summed E-state index contributed by atoms with van der Waals surface area (Å²) in [7, 11) is 0. The second-order valence-electron chi connectivity index (χ2n) is 17.0. The van der Waals surface area contributed by atoms with Gasteiger partial charge in [0.25, 0.3) is 0 Å². The molecule has 1 aliphatic rings. The first kappa shape index (κ1) is 50.9. The van der Waals surface area contributed by atoms with Crippen LogP contribution in [0.5, 0.6) is 0 Å². The zero-order valence-corrected chi connectivity index (χ0v) is 37.7. The van der Waals surface area contributed by atoms with E-state index in [9.17, 15) is 19.5 Å². The summed E-state index contributed by atoms with van der Waals surface area (Å²) in [6.07, 6.45) is 29.7. The Morgan fingerprint density at radius 1 is 0.617 bits per heavy atom. The molecule has 1 aliphatic carbocycles. The smallest absolute Gasteiger partial charge is 0.407 e. The van der Waals surface area contributed by atoms with E-state index < -0.39 is 18.1 Å². The van der Waals surface area contributed by atoms with Crippen LogP contribution in [0.15, 0.2) is 48.5 Å². The summed E-state index contributed by atoms with van der Waals surface area (Å²) in [5.74, 6) is -1.65. The molecule has 1 unspecified atom stereocenters. The molecule has 9 nitrogen and oxygen atoms in total. The molecule has 338 valence electrons. The number of amides is 2. The lowest BCUT2D eigenvalue weighted by Gasteiger charge is -2.20. The minimum atomic E-state index is -1.26. The molecule has 0 aliphatic heterocycles. The molecule has 0 heterocycles. The maximum absolute atomic E-state index is 12.9. The number of ether oxygens (including phenoxy) is 3. The molecule has 9 heteroatoms. The largest absolute Gasteiger partial charge is 0.480 e. The van der Waals surface area contributed by atoms with Crippen LogP contribution in [-0.2, 0) is 23.8 Å². The second-order valence-corrected chi connectivity index (χ2v) is 17.0. The highest BCUT2D eigenvalue weighted by Crippen LogP contribution is 2.44. The third-order valence-corrected chi connectivity index (χ3v) is 11.9. The molecular formula is C51H82N2O7. The van der Waals surface area contributed by atoms with Crippen molar-refractivity contribution in [3.63, 3.8) is 0 Å². The average Bonchev–Trinajstić information content (AvgIpc) is 3.58. The summed E-state index contributed by atoms with van der Waals surface area (Å²) in [4.78, 5) is 37.8. The van der Waals surface area contributed by atoms with Gasteiger partial charge in [-0.25, -0.2) is 9.59 Å². The zero-order chi connectivity index (χ0) is 42.9. The number of unbranched alkanes of at least 4 members (excludes halogenated alkanes) is 22. The molecule has 3 rings (SSSR count). The Balaban J connectivity index is 1.34. The number of fused-ring (bicyclic) bond motifs is 3. The van der Waals surface area contributed by atoms with Gasteiger partial charge in [0.1, 0.15) is 12.6 Å². The first-order valence-corrected chi connectivity index (χ1v) is 24.2. The average molecular weight is 835 g/mol. The molecule has 0 spiro atoms. The van der Waals surface area contributed by atoms with E-state index in [-0.39, 0.29) is 43.9 Å². The Bertz CT molecular complexity index is 1390. The van der Waals surface area contributed by atoms with Crippen LogP contribution in [0, 0.1) is 0 Å². The molecule has 2 aromatic carbocycles. The third kappa shape index (κ3) is 21.9. The molecule has 0 radical (unpaired) electrons. The van der Waals surface area contributed by atoms with E-state index in [1.165, 1.54) is 128 Å². The fraction of sp³-hybridized carbons (Fsp3) is 0.706. The normalized spacial score (nSPS) is 13.1. The highest BCUT2D eigenvalue weighted by molar-refractivity contribution is 5.82. The molecular weight excluding hydrogens is 753 g/mol. The number of alkyl carbamates (subject to hydrolysis) is 1. The van der Waals surface area contributed by atoms with E-state index >= 15 is 0 Å². The molecule has 0 saturated carbocycles. The van der Waals surface area contributed by atoms with E-state index in [2.05, 4.69) is 36.6 Å². The van der Waals surface area contributed by atoms with Gasteiger partial charge in [0.05, 0.1) is 12.7 Å². The van der Waals surface area contributed by atoms with Gasteiger partial charge in [0.15, 0.2) is 0 Å². The van der Waals surface area contributed by atoms with Gasteiger partial charge in [0, 0.05) is 32.1 Å². The van der Waals surface area contributed by atoms with Gasteiger partial charge in [-0.3, -0.25) is 4.79 Å². The van der Waals surface area contributed by atoms with Crippen molar-refractivity contribution in [1.82, 2.24) is 10.6 Å². The van der Waals surface area contributed by atoms with E-state index in [1.54, 1.807) is 0 Å². The van der Waals surface area contributed by atoms with Crippen molar-refractivity contribution in [3.05, 3.63) is 59.7 Å². The van der Waals surface area contributed by atoms with Gasteiger partial charge in [0.2, 0.25) is 5.91 Å². The quantitative estimate of drug-likeness (QED) is 0.0576. The number of hydrogen-bond acceptors (Lipinski definition) is 6. The third-order valence-electron chi connectivity index (χ3n) is 11.9. The standard InChI is InChI=1S/C51H82N2O7/c1-3-5-7-9-11-13-15-17-19-21-23-29-37-58-40-42(59-38-30-24-22-20-18-16-14-12-10-8-6-4-2)39-52-49(54)36-35-48(50(55)56)53-51(57)60-41-47-45-33-27-25-31-43(45)44-32-26-28-34-46(44)47/h25-28,31-34,42,47-48H,3-24,29-30,35-41H2,1-2H3,(H,52,54)(H,53,57)(H,55,56)/t42?,48-/m0/s1. The SMILES string of the molecule is CCCCCCCCCCCCCCOCC(CNC(=O)CC[C@H](NC(=O)OCC1c2ccccc2-c2ccccc21)C(=O)O)OCCCCCCCCCCCCCC. The Hall–Kier alpha value is -3.43. The summed E-state index contributed by atoms with van der Waals surface area (Å²) in [6.45, 7) is 6.58. The van der Waals surface area contributed by atoms with Crippen molar-refractivity contribution in [3.8, 4) is 11.1 Å². The Morgan fingerprint density at radius 2 is 1.07 bits per heavy atom. The summed E-state index contributed by atoms with van der Waals surface area (Å²) < 4.78 is 17.8. The van der Waals surface area contributed by atoms with Gasteiger partial charge in [-0.15, -0.1) is 0 Å². The number of carbonyl (C=O) groups is 3. The van der Waals surface area contributed by atoms with Crippen molar-refractivity contribution < 1.29 is 33.7 Å². The number of carboxylic acids is 1. The molecule has 2 amide bonds. The topological polar surface area (TPSA) is 123 Å². The summed E-state index contributed by atoms with van der Waals surface area (Å²) in [5, 5.41) is 15.2. The Kier molecular flexibility index (Phi) is 28.2. The maximum atomic E-state index is 12.9. The molecule has 60 heavy (non-hydrogen) atoms. The number of carbonyl (C=O) groups excluding carboxylic acids is 2. The lowest BCUT2D eigenvalue weighted by molar-refractivity contribution is -0.139. The van der Waals surface area contributed by atoms with E-state index in [0.717, 1.165) is 47.9 Å². The van der Waals surface area contributed by atoms with Crippen molar-refractivity contribution in [2.75, 3.05) is 33.0 Å². The zero-order valence-electron chi connectivity index (χ0n) is 37.7. The predicted molar refractivity (Wildman–Crippen MR) is 245 cm³/mol. The lowest BCUT2D eigenvalue weighted by atomic mass is 9.98. The van der Waals surface area contributed by atoms with Crippen LogP contribution in [-0.4, -0.2) is 68.2 Å². The molecule has 0 bridgehead atoms. The molecule has 0 aromatic heterocycles. The monoisotopic (exact) mass is 835 g/mol. The van der Waals surface area contributed by atoms with Gasteiger partial charge in [-0.05, 0) is 41.5 Å². The maximum Gasteiger partial charge on any atom is 0.407 e. The molecule has 2 atom stereocenters. The highest BCUT2D eigenvalue weighted by Gasteiger charge is 2.30. The van der Waals surface area contributed by atoms with Crippen LogP contribution < -0.4 is 10.6 Å². The van der Waals surface area contributed by atoms with E-state index in [0.29, 0.717) is 19.8 Å². The first-order chi connectivity index (χ1) is 29.4. The van der Waals surface area contributed by atoms with Gasteiger partial charge in [-0.1, -0.05) is 204 Å². The number of carboxylic acid groups (broad SMARTS) is 1. The number of nitrogens with one attached hydrogen (secondary N) is 2. The number of benzene rings is 2. The molecule has 3 N–H and O–H groups in total. The van der Waals surface area contributed by atoms with Crippen LogP contribution in [0.2, 0.25) is 0 Å². The van der Waals surface area contributed by atoms with Gasteiger partial charge >= 0.3 is 12.1 Å². The van der Waals surface area contributed by atoms with Crippen LogP contribution in [0.1, 0.15) is 198 Å². The number of aliphatic carboxylic acids is 1. The van der Waals surface area contributed by atoms with Crippen molar-refractivity contribution in [1.29, 1.82) is 0 Å². The molecule has 2 aromatic rings. The summed E-state index contributed by atoms with van der Waals surface area (Å²) >= 11 is 0. The number of hydrogen-bond donors (Lipinski definition) is 3. The van der Waals surface area contributed by atoms with E-state index in [4.69, 9.17) is 14.2 Å². The van der Waals surface area contributed by atoms with Crippen molar-refractivity contribution in [2.45, 2.75) is 199 Å². The van der Waals surface area contributed by atoms with Crippen LogP contribution in [0.25, 0.3) is 11.1 Å². The second kappa shape index (κ2) is 33.2. The minimum absolute atomic E-state index is 0.0637. The Morgan fingerprint density at radius 3 is 1.55 bits per heavy atom. The summed E-state index contributed by atoms with van der Waals surface area (Å²) in [6, 6.07) is 14.8. The number of rotatable bonds is 38. The van der Waals surface area contributed by atoms with Crippen LogP contribution in [0.4, 0.5) is 4.79 Å². The fourth-order valence-corrected chi connectivity index (χ4v) is 8.25. The van der Waals surface area contributed by atoms with Gasteiger partial charge in [-0.2, -0.15) is 0 Å². The molecule has 0 saturated heterocycles. The highest BCUT2D eigenvalue weighted by atomic mass is 16.5.